The number of rotatable bonds is 4. The van der Waals surface area contributed by atoms with E-state index >= 15 is 0 Å². The number of anilines is 2. The first-order chi connectivity index (χ1) is 11.5. The van der Waals surface area contributed by atoms with Crippen molar-refractivity contribution in [2.75, 3.05) is 42.6 Å². The van der Waals surface area contributed by atoms with Gasteiger partial charge in [-0.2, -0.15) is 0 Å². The van der Waals surface area contributed by atoms with E-state index in [2.05, 4.69) is 5.32 Å². The Hall–Kier alpha value is -2.35. The predicted octanol–water partition coefficient (Wildman–Crippen LogP) is 1.28. The summed E-state index contributed by atoms with van der Waals surface area (Å²) < 4.78 is 24.2. The normalized spacial score (nSPS) is 24.0. The van der Waals surface area contributed by atoms with Crippen LogP contribution in [0.1, 0.15) is 6.92 Å². The maximum atomic E-state index is 13.9. The number of nitrogens with zero attached hydrogens (tertiary/aromatic N) is 2. The lowest BCUT2D eigenvalue weighted by Crippen LogP contribution is -2.42. The summed E-state index contributed by atoms with van der Waals surface area (Å²) in [6.07, 6.45) is -1.99. The van der Waals surface area contributed by atoms with Gasteiger partial charge in [0.25, 0.3) is 0 Å². The summed E-state index contributed by atoms with van der Waals surface area (Å²) in [7, 11) is 0. The molecule has 2 atom stereocenters. The molecule has 0 aliphatic carbocycles. The van der Waals surface area contributed by atoms with Crippen molar-refractivity contribution in [1.29, 1.82) is 0 Å². The number of hydrogen-bond donors (Lipinski definition) is 1. The van der Waals surface area contributed by atoms with Gasteiger partial charge < -0.3 is 19.7 Å². The highest BCUT2D eigenvalue weighted by Crippen LogP contribution is 2.26. The molecular formula is C16H20FN3O4. The minimum absolute atomic E-state index is 0.0605. The van der Waals surface area contributed by atoms with Crippen molar-refractivity contribution in [1.82, 2.24) is 5.32 Å². The Balaban J connectivity index is 1.65. The van der Waals surface area contributed by atoms with Gasteiger partial charge in [-0.25, -0.2) is 9.18 Å². The number of benzene rings is 1. The van der Waals surface area contributed by atoms with E-state index in [1.807, 2.05) is 0 Å². The third-order valence-corrected chi connectivity index (χ3v) is 4.02. The van der Waals surface area contributed by atoms with Gasteiger partial charge >= 0.3 is 6.09 Å². The van der Waals surface area contributed by atoms with E-state index in [-0.39, 0.29) is 25.2 Å². The van der Waals surface area contributed by atoms with Crippen molar-refractivity contribution in [3.8, 4) is 0 Å². The number of cyclic esters (lactones) is 1. The SMILES string of the molecule is CC(=O)NC[C@H]1CN(c2ccc(N3CCOCC3F)cc2)C(=O)O1. The molecule has 1 N–H and O–H groups in total. The Bertz CT molecular complexity index is 610. The summed E-state index contributed by atoms with van der Waals surface area (Å²) in [5.41, 5.74) is 1.43. The fourth-order valence-corrected chi connectivity index (χ4v) is 2.78. The van der Waals surface area contributed by atoms with E-state index in [0.717, 1.165) is 5.69 Å². The summed E-state index contributed by atoms with van der Waals surface area (Å²) in [5, 5.41) is 2.63. The van der Waals surface area contributed by atoms with Crippen molar-refractivity contribution >= 4 is 23.4 Å². The number of carbonyl (C=O) groups excluding carboxylic acids is 2. The molecule has 130 valence electrons. The van der Waals surface area contributed by atoms with Crippen molar-refractivity contribution < 1.29 is 23.5 Å². The molecule has 1 aromatic rings. The summed E-state index contributed by atoms with van der Waals surface area (Å²) in [6.45, 7) is 3.10. The molecule has 0 radical (unpaired) electrons. The fraction of sp³-hybridized carbons (Fsp3) is 0.500. The smallest absolute Gasteiger partial charge is 0.414 e. The van der Waals surface area contributed by atoms with E-state index in [1.165, 1.54) is 11.8 Å². The monoisotopic (exact) mass is 337 g/mol. The molecule has 0 saturated carbocycles. The zero-order chi connectivity index (χ0) is 17.1. The molecule has 1 aromatic carbocycles. The lowest BCUT2D eigenvalue weighted by atomic mass is 10.2. The highest BCUT2D eigenvalue weighted by atomic mass is 19.1. The number of carbonyl (C=O) groups is 2. The van der Waals surface area contributed by atoms with Crippen LogP contribution in [0.2, 0.25) is 0 Å². The number of ether oxygens (including phenoxy) is 2. The highest BCUT2D eigenvalue weighted by molar-refractivity contribution is 5.90. The van der Waals surface area contributed by atoms with Crippen LogP contribution in [0.15, 0.2) is 24.3 Å². The number of amides is 2. The van der Waals surface area contributed by atoms with Crippen molar-refractivity contribution in [2.24, 2.45) is 0 Å². The summed E-state index contributed by atoms with van der Waals surface area (Å²) in [6, 6.07) is 7.09. The largest absolute Gasteiger partial charge is 0.442 e. The molecule has 3 rings (SSSR count). The molecule has 2 saturated heterocycles. The van der Waals surface area contributed by atoms with Crippen molar-refractivity contribution in [2.45, 2.75) is 19.3 Å². The van der Waals surface area contributed by atoms with Gasteiger partial charge in [0.15, 0.2) is 6.30 Å². The molecule has 8 heteroatoms. The maximum absolute atomic E-state index is 13.9. The maximum Gasteiger partial charge on any atom is 0.414 e. The number of morpholine rings is 1. The Labute approximate surface area is 139 Å². The molecule has 0 bridgehead atoms. The van der Waals surface area contributed by atoms with Crippen molar-refractivity contribution in [3.05, 3.63) is 24.3 Å². The van der Waals surface area contributed by atoms with Crippen LogP contribution in [0.5, 0.6) is 0 Å². The predicted molar refractivity (Wildman–Crippen MR) is 85.8 cm³/mol. The van der Waals surface area contributed by atoms with Gasteiger partial charge in [0.2, 0.25) is 5.91 Å². The van der Waals surface area contributed by atoms with Gasteiger partial charge in [-0.1, -0.05) is 0 Å². The van der Waals surface area contributed by atoms with Gasteiger partial charge in [-0.15, -0.1) is 0 Å². The number of nitrogens with one attached hydrogen (secondary N) is 1. The second kappa shape index (κ2) is 7.04. The standard InChI is InChI=1S/C16H20FN3O4/c1-11(21)18-8-14-9-20(16(22)24-14)13-4-2-12(3-5-13)19-6-7-23-10-15(19)17/h2-5,14-15H,6-10H2,1H3,(H,18,21)/t14-,15?/m0/s1. The summed E-state index contributed by atoms with van der Waals surface area (Å²) in [5.74, 6) is -0.167. The summed E-state index contributed by atoms with van der Waals surface area (Å²) >= 11 is 0. The quantitative estimate of drug-likeness (QED) is 0.838. The lowest BCUT2D eigenvalue weighted by molar-refractivity contribution is -0.119. The third-order valence-electron chi connectivity index (χ3n) is 4.02. The van der Waals surface area contributed by atoms with Crippen LogP contribution in [0.4, 0.5) is 20.6 Å². The molecule has 2 heterocycles. The van der Waals surface area contributed by atoms with Gasteiger partial charge in [-0.05, 0) is 24.3 Å². The molecule has 2 amide bonds. The first-order valence-corrected chi connectivity index (χ1v) is 7.85. The van der Waals surface area contributed by atoms with Crippen LogP contribution in [0, 0.1) is 0 Å². The van der Waals surface area contributed by atoms with Gasteiger partial charge in [0.05, 0.1) is 26.3 Å². The minimum Gasteiger partial charge on any atom is -0.442 e. The van der Waals surface area contributed by atoms with E-state index in [9.17, 15) is 14.0 Å². The van der Waals surface area contributed by atoms with E-state index in [4.69, 9.17) is 9.47 Å². The number of hydrogen-bond acceptors (Lipinski definition) is 5. The number of halogens is 1. The van der Waals surface area contributed by atoms with Crippen LogP contribution in [0.25, 0.3) is 0 Å². The van der Waals surface area contributed by atoms with E-state index in [0.29, 0.717) is 25.4 Å². The Morgan fingerprint density at radius 1 is 1.33 bits per heavy atom. The first-order valence-electron chi connectivity index (χ1n) is 7.85. The van der Waals surface area contributed by atoms with Gasteiger partial charge in [0.1, 0.15) is 6.10 Å². The zero-order valence-corrected chi connectivity index (χ0v) is 13.4. The lowest BCUT2D eigenvalue weighted by Gasteiger charge is -2.32. The van der Waals surface area contributed by atoms with Crippen LogP contribution in [-0.4, -0.2) is 57.2 Å². The third kappa shape index (κ3) is 3.59. The molecule has 24 heavy (non-hydrogen) atoms. The minimum atomic E-state index is -1.16. The Kier molecular flexibility index (Phi) is 4.84. The van der Waals surface area contributed by atoms with Gasteiger partial charge in [0, 0.05) is 24.8 Å². The fourth-order valence-electron chi connectivity index (χ4n) is 2.78. The second-order valence-corrected chi connectivity index (χ2v) is 5.77. The number of alkyl halides is 1. The van der Waals surface area contributed by atoms with Crippen LogP contribution in [-0.2, 0) is 14.3 Å². The van der Waals surface area contributed by atoms with E-state index in [1.54, 1.807) is 29.2 Å². The van der Waals surface area contributed by atoms with E-state index < -0.39 is 12.4 Å². The average molecular weight is 337 g/mol. The molecule has 0 spiro atoms. The van der Waals surface area contributed by atoms with Crippen LogP contribution >= 0.6 is 0 Å². The van der Waals surface area contributed by atoms with Crippen molar-refractivity contribution in [3.63, 3.8) is 0 Å². The first kappa shape index (κ1) is 16.5. The Morgan fingerprint density at radius 2 is 2.04 bits per heavy atom. The average Bonchev–Trinajstić information content (AvgIpc) is 2.94. The molecule has 1 unspecified atom stereocenters. The van der Waals surface area contributed by atoms with Crippen LogP contribution < -0.4 is 15.1 Å². The van der Waals surface area contributed by atoms with Gasteiger partial charge in [-0.3, -0.25) is 9.69 Å². The highest BCUT2D eigenvalue weighted by Gasteiger charge is 2.32. The second-order valence-electron chi connectivity index (χ2n) is 5.77. The molecular weight excluding hydrogens is 317 g/mol. The molecule has 2 aliphatic rings. The molecule has 2 fully saturated rings. The van der Waals surface area contributed by atoms with Crippen LogP contribution in [0.3, 0.4) is 0 Å². The molecule has 0 aromatic heterocycles. The molecule has 7 nitrogen and oxygen atoms in total. The molecule has 2 aliphatic heterocycles. The summed E-state index contributed by atoms with van der Waals surface area (Å²) in [4.78, 5) is 26.0. The zero-order valence-electron chi connectivity index (χ0n) is 13.4. The topological polar surface area (TPSA) is 71.1 Å². The Morgan fingerprint density at radius 3 is 2.71 bits per heavy atom.